The fourth-order valence-electron chi connectivity index (χ4n) is 2.70. The number of nitrogens with zero attached hydrogens (tertiary/aromatic N) is 1. The monoisotopic (exact) mass is 421 g/mol. The minimum absolute atomic E-state index is 0.178. The van der Waals surface area contributed by atoms with E-state index in [9.17, 15) is 13.2 Å². The largest absolute Gasteiger partial charge is 0.487 e. The Morgan fingerprint density at radius 3 is 2.55 bits per heavy atom. The first-order valence-corrected chi connectivity index (χ1v) is 9.41. The SMILES string of the molecule is C/C(=C\CCl)c1cccc(OCc2nc(-c3ccc(C(F)(F)F)cc3)oc2C)c1. The van der Waals surface area contributed by atoms with Crippen LogP contribution in [0.15, 0.2) is 59.0 Å². The Labute approximate surface area is 171 Å². The lowest BCUT2D eigenvalue weighted by atomic mass is 10.1. The van der Waals surface area contributed by atoms with Gasteiger partial charge in [-0.25, -0.2) is 4.98 Å². The first kappa shape index (κ1) is 21.0. The molecule has 3 aromatic rings. The molecule has 1 heterocycles. The van der Waals surface area contributed by atoms with Crippen LogP contribution in [0.5, 0.6) is 5.75 Å². The van der Waals surface area contributed by atoms with Gasteiger partial charge >= 0.3 is 6.18 Å². The molecule has 0 aliphatic heterocycles. The number of hydrogen-bond donors (Lipinski definition) is 0. The van der Waals surface area contributed by atoms with E-state index in [-0.39, 0.29) is 12.5 Å². The summed E-state index contributed by atoms with van der Waals surface area (Å²) in [5.41, 5.74) is 2.39. The zero-order chi connectivity index (χ0) is 21.0. The number of ether oxygens (including phenoxy) is 1. The molecule has 0 amide bonds. The second kappa shape index (κ2) is 8.74. The topological polar surface area (TPSA) is 35.3 Å². The van der Waals surface area contributed by atoms with Gasteiger partial charge in [-0.05, 0) is 61.4 Å². The summed E-state index contributed by atoms with van der Waals surface area (Å²) in [6.07, 6.45) is -2.46. The van der Waals surface area contributed by atoms with Gasteiger partial charge in [0.15, 0.2) is 0 Å². The summed E-state index contributed by atoms with van der Waals surface area (Å²) in [5.74, 6) is 1.91. The molecule has 0 spiro atoms. The summed E-state index contributed by atoms with van der Waals surface area (Å²) in [4.78, 5) is 4.37. The first-order chi connectivity index (χ1) is 13.8. The molecule has 3 nitrogen and oxygen atoms in total. The van der Waals surface area contributed by atoms with Gasteiger partial charge in [-0.1, -0.05) is 18.2 Å². The van der Waals surface area contributed by atoms with Crippen molar-refractivity contribution >= 4 is 17.2 Å². The van der Waals surface area contributed by atoms with Gasteiger partial charge in [-0.15, -0.1) is 11.6 Å². The van der Waals surface area contributed by atoms with E-state index < -0.39 is 11.7 Å². The van der Waals surface area contributed by atoms with Crippen molar-refractivity contribution in [2.75, 3.05) is 5.88 Å². The van der Waals surface area contributed by atoms with Crippen LogP contribution in [0.1, 0.15) is 29.5 Å². The summed E-state index contributed by atoms with van der Waals surface area (Å²) in [6.45, 7) is 3.89. The van der Waals surface area contributed by atoms with Crippen LogP contribution in [0.25, 0.3) is 17.0 Å². The van der Waals surface area contributed by atoms with Crippen LogP contribution in [0, 0.1) is 6.92 Å². The third-order valence-electron chi connectivity index (χ3n) is 4.40. The molecule has 0 aliphatic rings. The van der Waals surface area contributed by atoms with Crippen LogP contribution in [0.2, 0.25) is 0 Å². The Balaban J connectivity index is 1.73. The normalized spacial score (nSPS) is 12.3. The minimum atomic E-state index is -4.38. The van der Waals surface area contributed by atoms with Crippen molar-refractivity contribution in [3.05, 3.63) is 77.2 Å². The van der Waals surface area contributed by atoms with E-state index in [0.29, 0.717) is 28.6 Å². The Kier molecular flexibility index (Phi) is 6.33. The summed E-state index contributed by atoms with van der Waals surface area (Å²) in [6, 6.07) is 12.3. The third-order valence-corrected chi connectivity index (χ3v) is 4.55. The van der Waals surface area contributed by atoms with Crippen molar-refractivity contribution < 1.29 is 22.3 Å². The number of aryl methyl sites for hydroxylation is 1. The highest BCUT2D eigenvalue weighted by Gasteiger charge is 2.30. The van der Waals surface area contributed by atoms with Crippen molar-refractivity contribution in [1.82, 2.24) is 4.98 Å². The zero-order valence-electron chi connectivity index (χ0n) is 15.9. The molecule has 0 saturated heterocycles. The molecule has 0 aliphatic carbocycles. The molecule has 2 aromatic carbocycles. The van der Waals surface area contributed by atoms with Gasteiger partial charge in [0.05, 0.1) is 5.56 Å². The lowest BCUT2D eigenvalue weighted by Gasteiger charge is -2.07. The maximum absolute atomic E-state index is 12.7. The van der Waals surface area contributed by atoms with Crippen molar-refractivity contribution in [3.8, 4) is 17.2 Å². The summed E-state index contributed by atoms with van der Waals surface area (Å²) < 4.78 is 49.6. The van der Waals surface area contributed by atoms with Crippen LogP contribution in [0.3, 0.4) is 0 Å². The number of halogens is 4. The van der Waals surface area contributed by atoms with Crippen LogP contribution in [0.4, 0.5) is 13.2 Å². The maximum atomic E-state index is 12.7. The highest BCUT2D eigenvalue weighted by Crippen LogP contribution is 2.31. The molecule has 0 N–H and O–H groups in total. The molecule has 0 radical (unpaired) electrons. The lowest BCUT2D eigenvalue weighted by molar-refractivity contribution is -0.137. The number of aromatic nitrogens is 1. The molecule has 1 aromatic heterocycles. The second-order valence-corrected chi connectivity index (χ2v) is 6.76. The van der Waals surface area contributed by atoms with E-state index in [1.807, 2.05) is 37.3 Å². The zero-order valence-corrected chi connectivity index (χ0v) is 16.6. The molecule has 0 atom stereocenters. The Bertz CT molecular complexity index is 1010. The van der Waals surface area contributed by atoms with Crippen molar-refractivity contribution in [2.45, 2.75) is 26.6 Å². The van der Waals surface area contributed by atoms with E-state index in [1.165, 1.54) is 12.1 Å². The Hall–Kier alpha value is -2.73. The predicted octanol–water partition coefficient (Wildman–Crippen LogP) is 6.89. The van der Waals surface area contributed by atoms with Gasteiger partial charge in [-0.3, -0.25) is 0 Å². The third kappa shape index (κ3) is 5.21. The van der Waals surface area contributed by atoms with Gasteiger partial charge in [0, 0.05) is 11.4 Å². The lowest BCUT2D eigenvalue weighted by Crippen LogP contribution is -2.04. The summed E-state index contributed by atoms with van der Waals surface area (Å²) >= 11 is 5.75. The van der Waals surface area contributed by atoms with Gasteiger partial charge < -0.3 is 9.15 Å². The Morgan fingerprint density at radius 1 is 1.17 bits per heavy atom. The number of hydrogen-bond acceptors (Lipinski definition) is 3. The van der Waals surface area contributed by atoms with E-state index in [2.05, 4.69) is 4.98 Å². The fraction of sp³-hybridized carbons (Fsp3) is 0.227. The van der Waals surface area contributed by atoms with Crippen molar-refractivity contribution in [2.24, 2.45) is 0 Å². The van der Waals surface area contributed by atoms with Crippen LogP contribution in [-0.2, 0) is 12.8 Å². The molecule has 0 fully saturated rings. The van der Waals surface area contributed by atoms with E-state index in [4.69, 9.17) is 20.8 Å². The number of rotatable bonds is 6. The molecule has 7 heteroatoms. The molecule has 29 heavy (non-hydrogen) atoms. The quantitative estimate of drug-likeness (QED) is 0.406. The molecule has 0 saturated carbocycles. The molecule has 152 valence electrons. The molecular formula is C22H19ClF3NO2. The number of allylic oxidation sites excluding steroid dienone is 2. The Morgan fingerprint density at radius 2 is 1.90 bits per heavy atom. The molecule has 0 unspecified atom stereocenters. The minimum Gasteiger partial charge on any atom is -0.487 e. The fourth-order valence-corrected chi connectivity index (χ4v) is 2.94. The standard InChI is InChI=1S/C22H19ClF3NO2/c1-14(10-11-23)17-4-3-5-19(12-17)28-13-20-15(2)29-21(27-20)16-6-8-18(9-7-16)22(24,25)26/h3-10,12H,11,13H2,1-2H3/b14-10+. The number of benzene rings is 2. The van der Waals surface area contributed by atoms with E-state index >= 15 is 0 Å². The number of alkyl halides is 4. The molecule has 3 rings (SSSR count). The summed E-state index contributed by atoms with van der Waals surface area (Å²) in [5, 5.41) is 0. The van der Waals surface area contributed by atoms with Crippen LogP contribution >= 0.6 is 11.6 Å². The summed E-state index contributed by atoms with van der Waals surface area (Å²) in [7, 11) is 0. The maximum Gasteiger partial charge on any atom is 0.416 e. The highest BCUT2D eigenvalue weighted by atomic mass is 35.5. The highest BCUT2D eigenvalue weighted by molar-refractivity contribution is 6.19. The van der Waals surface area contributed by atoms with Crippen LogP contribution in [-0.4, -0.2) is 10.9 Å². The van der Waals surface area contributed by atoms with Crippen molar-refractivity contribution in [1.29, 1.82) is 0 Å². The smallest absolute Gasteiger partial charge is 0.416 e. The average Bonchev–Trinajstić information content (AvgIpc) is 3.07. The average molecular weight is 422 g/mol. The number of oxazole rings is 1. The predicted molar refractivity (Wildman–Crippen MR) is 107 cm³/mol. The van der Waals surface area contributed by atoms with E-state index in [0.717, 1.165) is 23.3 Å². The first-order valence-electron chi connectivity index (χ1n) is 8.88. The van der Waals surface area contributed by atoms with Gasteiger partial charge in [0.2, 0.25) is 5.89 Å². The van der Waals surface area contributed by atoms with Gasteiger partial charge in [0.1, 0.15) is 23.8 Å². The molecular weight excluding hydrogens is 403 g/mol. The van der Waals surface area contributed by atoms with Gasteiger partial charge in [0.25, 0.3) is 0 Å². The van der Waals surface area contributed by atoms with E-state index in [1.54, 1.807) is 6.92 Å². The van der Waals surface area contributed by atoms with Crippen LogP contribution < -0.4 is 4.74 Å². The van der Waals surface area contributed by atoms with Crippen molar-refractivity contribution in [3.63, 3.8) is 0 Å². The van der Waals surface area contributed by atoms with Gasteiger partial charge in [-0.2, -0.15) is 13.2 Å². The molecule has 0 bridgehead atoms. The second-order valence-electron chi connectivity index (χ2n) is 6.45.